The number of aromatic hydroxyl groups is 1. The summed E-state index contributed by atoms with van der Waals surface area (Å²) in [6.07, 6.45) is 0.832. The van der Waals surface area contributed by atoms with E-state index in [-0.39, 0.29) is 18.1 Å². The molecule has 112 valence electrons. The molecular formula is C16H19FN2O2. The molecule has 0 aromatic heterocycles. The van der Waals surface area contributed by atoms with Gasteiger partial charge in [-0.15, -0.1) is 0 Å². The molecule has 0 radical (unpaired) electrons. The Balaban J connectivity index is 2.26. The number of halogens is 1. The number of phenols is 1. The van der Waals surface area contributed by atoms with Gasteiger partial charge in [-0.25, -0.2) is 10.2 Å². The molecule has 0 saturated heterocycles. The lowest BCUT2D eigenvalue weighted by molar-refractivity contribution is 0.288. The SMILES string of the molecule is CCc1cccc(N(C)N)c1COc1ccc(O)cc1F. The lowest BCUT2D eigenvalue weighted by Crippen LogP contribution is -2.27. The van der Waals surface area contributed by atoms with Gasteiger partial charge in [-0.05, 0) is 30.2 Å². The summed E-state index contributed by atoms with van der Waals surface area (Å²) in [4.78, 5) is 0. The zero-order valence-corrected chi connectivity index (χ0v) is 12.1. The molecule has 2 rings (SSSR count). The van der Waals surface area contributed by atoms with Gasteiger partial charge in [-0.1, -0.05) is 19.1 Å². The highest BCUT2D eigenvalue weighted by Crippen LogP contribution is 2.26. The largest absolute Gasteiger partial charge is 0.508 e. The standard InChI is InChI=1S/C16H19FN2O2/c1-3-11-5-4-6-15(19(2)18)13(11)10-21-16-8-7-12(20)9-14(16)17/h4-9,20H,3,10,18H2,1-2H3. The molecule has 0 aliphatic rings. The third kappa shape index (κ3) is 3.44. The summed E-state index contributed by atoms with van der Waals surface area (Å²) in [5.41, 5.74) is 2.87. The first-order valence-electron chi connectivity index (χ1n) is 6.73. The predicted octanol–water partition coefficient (Wildman–Crippen LogP) is 2.98. The summed E-state index contributed by atoms with van der Waals surface area (Å²) in [5, 5.41) is 10.7. The van der Waals surface area contributed by atoms with E-state index >= 15 is 0 Å². The number of aryl methyl sites for hydroxylation is 1. The number of rotatable bonds is 5. The number of anilines is 1. The fourth-order valence-electron chi connectivity index (χ4n) is 2.21. The molecule has 0 aliphatic carbocycles. The summed E-state index contributed by atoms with van der Waals surface area (Å²) in [6, 6.07) is 9.65. The number of phenolic OH excluding ortho intramolecular Hbond substituents is 1. The molecule has 0 atom stereocenters. The topological polar surface area (TPSA) is 58.7 Å². The van der Waals surface area contributed by atoms with Gasteiger partial charge in [0.15, 0.2) is 11.6 Å². The van der Waals surface area contributed by atoms with E-state index in [1.165, 1.54) is 17.1 Å². The first-order chi connectivity index (χ1) is 10.0. The molecule has 21 heavy (non-hydrogen) atoms. The fraction of sp³-hybridized carbons (Fsp3) is 0.250. The van der Waals surface area contributed by atoms with Crippen molar-refractivity contribution in [2.75, 3.05) is 12.1 Å². The van der Waals surface area contributed by atoms with Gasteiger partial charge in [0.2, 0.25) is 0 Å². The van der Waals surface area contributed by atoms with Crippen molar-refractivity contribution in [3.8, 4) is 11.5 Å². The average molecular weight is 290 g/mol. The van der Waals surface area contributed by atoms with E-state index in [4.69, 9.17) is 10.6 Å². The van der Waals surface area contributed by atoms with Gasteiger partial charge in [-0.2, -0.15) is 0 Å². The molecule has 0 saturated carbocycles. The van der Waals surface area contributed by atoms with Crippen molar-refractivity contribution in [1.82, 2.24) is 0 Å². The number of benzene rings is 2. The summed E-state index contributed by atoms with van der Waals surface area (Å²) in [6.45, 7) is 2.25. The lowest BCUT2D eigenvalue weighted by Gasteiger charge is -2.20. The lowest BCUT2D eigenvalue weighted by atomic mass is 10.0. The van der Waals surface area contributed by atoms with Crippen molar-refractivity contribution in [1.29, 1.82) is 0 Å². The maximum atomic E-state index is 13.7. The van der Waals surface area contributed by atoms with Crippen molar-refractivity contribution < 1.29 is 14.2 Å². The summed E-state index contributed by atoms with van der Waals surface area (Å²) < 4.78 is 19.2. The van der Waals surface area contributed by atoms with Crippen LogP contribution in [0.2, 0.25) is 0 Å². The van der Waals surface area contributed by atoms with Crippen LogP contribution in [0.1, 0.15) is 18.1 Å². The van der Waals surface area contributed by atoms with Crippen LogP contribution in [0.25, 0.3) is 0 Å². The molecule has 4 nitrogen and oxygen atoms in total. The van der Waals surface area contributed by atoms with Crippen molar-refractivity contribution in [2.24, 2.45) is 5.84 Å². The molecule has 5 heteroatoms. The van der Waals surface area contributed by atoms with Crippen LogP contribution in [-0.4, -0.2) is 12.2 Å². The number of hydrogen-bond donors (Lipinski definition) is 2. The molecule has 2 aromatic rings. The van der Waals surface area contributed by atoms with Gasteiger partial charge in [0.05, 0.1) is 5.69 Å². The fourth-order valence-corrected chi connectivity index (χ4v) is 2.21. The van der Waals surface area contributed by atoms with E-state index in [0.29, 0.717) is 0 Å². The van der Waals surface area contributed by atoms with E-state index in [2.05, 4.69) is 0 Å². The summed E-state index contributed by atoms with van der Waals surface area (Å²) in [7, 11) is 1.75. The molecule has 0 spiro atoms. The highest BCUT2D eigenvalue weighted by atomic mass is 19.1. The highest BCUT2D eigenvalue weighted by Gasteiger charge is 2.12. The number of hydrazine groups is 1. The van der Waals surface area contributed by atoms with Crippen LogP contribution < -0.4 is 15.6 Å². The Bertz CT molecular complexity index is 630. The Kier molecular flexibility index (Phi) is 4.65. The molecule has 0 heterocycles. The first-order valence-corrected chi connectivity index (χ1v) is 6.73. The number of nitrogens with zero attached hydrogens (tertiary/aromatic N) is 1. The molecule has 0 bridgehead atoms. The maximum absolute atomic E-state index is 13.7. The van der Waals surface area contributed by atoms with Crippen LogP contribution in [0, 0.1) is 5.82 Å². The van der Waals surface area contributed by atoms with E-state index in [1.54, 1.807) is 7.05 Å². The van der Waals surface area contributed by atoms with Gasteiger partial charge in [0, 0.05) is 18.7 Å². The Hall–Kier alpha value is -2.27. The monoisotopic (exact) mass is 290 g/mol. The quantitative estimate of drug-likeness (QED) is 0.656. The van der Waals surface area contributed by atoms with Gasteiger partial charge in [0.1, 0.15) is 12.4 Å². The van der Waals surface area contributed by atoms with Crippen molar-refractivity contribution >= 4 is 5.69 Å². The molecule has 0 unspecified atom stereocenters. The number of ether oxygens (including phenoxy) is 1. The van der Waals surface area contributed by atoms with Crippen LogP contribution >= 0.6 is 0 Å². The highest BCUT2D eigenvalue weighted by molar-refractivity contribution is 5.55. The summed E-state index contributed by atoms with van der Waals surface area (Å²) in [5.74, 6) is 5.21. The van der Waals surface area contributed by atoms with E-state index in [9.17, 15) is 9.50 Å². The van der Waals surface area contributed by atoms with Crippen molar-refractivity contribution in [2.45, 2.75) is 20.0 Å². The number of nitrogens with two attached hydrogens (primary N) is 1. The molecule has 3 N–H and O–H groups in total. The van der Waals surface area contributed by atoms with Gasteiger partial charge in [0.25, 0.3) is 0 Å². The zero-order valence-electron chi connectivity index (χ0n) is 12.1. The van der Waals surface area contributed by atoms with E-state index in [1.807, 2.05) is 25.1 Å². The molecule has 0 aliphatic heterocycles. The second-order valence-corrected chi connectivity index (χ2v) is 4.78. The smallest absolute Gasteiger partial charge is 0.168 e. The van der Waals surface area contributed by atoms with E-state index < -0.39 is 5.82 Å². The normalized spacial score (nSPS) is 10.5. The molecule has 0 fully saturated rings. The average Bonchev–Trinajstić information content (AvgIpc) is 2.45. The van der Waals surface area contributed by atoms with Crippen molar-refractivity contribution in [3.05, 3.63) is 53.3 Å². The van der Waals surface area contributed by atoms with Crippen molar-refractivity contribution in [3.63, 3.8) is 0 Å². The second-order valence-electron chi connectivity index (χ2n) is 4.78. The zero-order chi connectivity index (χ0) is 15.4. The minimum absolute atomic E-state index is 0.101. The Labute approximate surface area is 123 Å². The minimum Gasteiger partial charge on any atom is -0.508 e. The van der Waals surface area contributed by atoms with Gasteiger partial charge < -0.3 is 14.9 Å². The Morgan fingerprint density at radius 3 is 2.67 bits per heavy atom. The van der Waals surface area contributed by atoms with Crippen LogP contribution in [-0.2, 0) is 13.0 Å². The van der Waals surface area contributed by atoms with Gasteiger partial charge in [-0.3, -0.25) is 0 Å². The first kappa shape index (κ1) is 15.1. The number of hydrogen-bond acceptors (Lipinski definition) is 4. The van der Waals surface area contributed by atoms with Crippen LogP contribution in [0.15, 0.2) is 36.4 Å². The van der Waals surface area contributed by atoms with Crippen LogP contribution in [0.5, 0.6) is 11.5 Å². The summed E-state index contributed by atoms with van der Waals surface area (Å²) >= 11 is 0. The third-order valence-corrected chi connectivity index (χ3v) is 3.30. The molecule has 2 aromatic carbocycles. The molecule has 0 amide bonds. The predicted molar refractivity (Wildman–Crippen MR) is 80.8 cm³/mol. The maximum Gasteiger partial charge on any atom is 0.168 e. The van der Waals surface area contributed by atoms with Crippen LogP contribution in [0.4, 0.5) is 10.1 Å². The second kappa shape index (κ2) is 6.45. The minimum atomic E-state index is -0.591. The van der Waals surface area contributed by atoms with Crippen LogP contribution in [0.3, 0.4) is 0 Å². The molecular weight excluding hydrogens is 271 g/mol. The third-order valence-electron chi connectivity index (χ3n) is 3.30. The van der Waals surface area contributed by atoms with Gasteiger partial charge >= 0.3 is 0 Å². The van der Waals surface area contributed by atoms with E-state index in [0.717, 1.165) is 29.3 Å². The Morgan fingerprint density at radius 1 is 1.29 bits per heavy atom. The Morgan fingerprint density at radius 2 is 2.05 bits per heavy atom.